The number of aromatic nitrogens is 1. The van der Waals surface area contributed by atoms with Crippen molar-refractivity contribution in [1.29, 1.82) is 0 Å². The van der Waals surface area contributed by atoms with Gasteiger partial charge in [0.2, 0.25) is 0 Å². The van der Waals surface area contributed by atoms with Crippen LogP contribution in [0.1, 0.15) is 54.8 Å². The molecule has 0 unspecified atom stereocenters. The van der Waals surface area contributed by atoms with Gasteiger partial charge in [0.25, 0.3) is 0 Å². The van der Waals surface area contributed by atoms with Crippen molar-refractivity contribution in [3.63, 3.8) is 0 Å². The average Bonchev–Trinajstić information content (AvgIpc) is 3.11. The van der Waals surface area contributed by atoms with Crippen molar-refractivity contribution in [3.8, 4) is 0 Å². The fourth-order valence-electron chi connectivity index (χ4n) is 4.38. The standard InChI is InChI=1S/C22H29N3/c1-18-15-22(24-12-6-3-7-13-24)23-16-20(18)21-11-8-14-25(21)17-19-9-4-2-5-10-19/h2,4-5,9-10,15-16,21H,3,6-8,11-14,17H2,1H3/t21-/m0/s1. The smallest absolute Gasteiger partial charge is 0.128 e. The molecule has 25 heavy (non-hydrogen) atoms. The fourth-order valence-corrected chi connectivity index (χ4v) is 4.38. The molecule has 1 aromatic carbocycles. The Morgan fingerprint density at radius 2 is 1.80 bits per heavy atom. The Morgan fingerprint density at radius 1 is 1.00 bits per heavy atom. The zero-order valence-corrected chi connectivity index (χ0v) is 15.3. The number of piperidine rings is 1. The normalized spacial score (nSPS) is 21.6. The maximum absolute atomic E-state index is 4.85. The van der Waals surface area contributed by atoms with Gasteiger partial charge < -0.3 is 4.90 Å². The van der Waals surface area contributed by atoms with Crippen molar-refractivity contribution in [2.24, 2.45) is 0 Å². The molecule has 3 heterocycles. The summed E-state index contributed by atoms with van der Waals surface area (Å²) < 4.78 is 0. The number of pyridine rings is 1. The first-order chi connectivity index (χ1) is 12.3. The van der Waals surface area contributed by atoms with E-state index in [2.05, 4.69) is 59.3 Å². The summed E-state index contributed by atoms with van der Waals surface area (Å²) in [7, 11) is 0. The molecule has 0 spiro atoms. The van der Waals surface area contributed by atoms with E-state index >= 15 is 0 Å². The molecular formula is C22H29N3. The molecule has 2 fully saturated rings. The number of likely N-dealkylation sites (tertiary alicyclic amines) is 1. The first-order valence-electron chi connectivity index (χ1n) is 9.81. The Balaban J connectivity index is 1.51. The predicted molar refractivity (Wildman–Crippen MR) is 104 cm³/mol. The second kappa shape index (κ2) is 7.57. The van der Waals surface area contributed by atoms with Gasteiger partial charge in [-0.3, -0.25) is 4.90 Å². The first-order valence-corrected chi connectivity index (χ1v) is 9.81. The van der Waals surface area contributed by atoms with Gasteiger partial charge in [-0.1, -0.05) is 30.3 Å². The van der Waals surface area contributed by atoms with E-state index in [1.165, 1.54) is 61.2 Å². The average molecular weight is 335 g/mol. The third-order valence-electron chi connectivity index (χ3n) is 5.77. The maximum Gasteiger partial charge on any atom is 0.128 e. The molecule has 2 aromatic rings. The topological polar surface area (TPSA) is 19.4 Å². The van der Waals surface area contributed by atoms with Crippen molar-refractivity contribution in [2.75, 3.05) is 24.5 Å². The predicted octanol–water partition coefficient (Wildman–Crippen LogP) is 4.72. The van der Waals surface area contributed by atoms with Crippen molar-refractivity contribution >= 4 is 5.82 Å². The molecule has 1 atom stereocenters. The molecule has 1 aromatic heterocycles. The van der Waals surface area contributed by atoms with Crippen molar-refractivity contribution in [1.82, 2.24) is 9.88 Å². The molecule has 0 radical (unpaired) electrons. The Hall–Kier alpha value is -1.87. The van der Waals surface area contributed by atoms with Crippen LogP contribution in [0.5, 0.6) is 0 Å². The number of hydrogen-bond acceptors (Lipinski definition) is 3. The lowest BCUT2D eigenvalue weighted by Gasteiger charge is -2.30. The van der Waals surface area contributed by atoms with E-state index in [0.717, 1.165) is 19.6 Å². The summed E-state index contributed by atoms with van der Waals surface area (Å²) in [4.78, 5) is 9.93. The lowest BCUT2D eigenvalue weighted by Crippen LogP contribution is -2.30. The zero-order chi connectivity index (χ0) is 17.1. The number of anilines is 1. The lowest BCUT2D eigenvalue weighted by molar-refractivity contribution is 0.247. The SMILES string of the molecule is Cc1cc(N2CCCCC2)ncc1[C@@H]1CCCN1Cc1ccccc1. The molecular weight excluding hydrogens is 306 g/mol. The van der Waals surface area contributed by atoms with Crippen LogP contribution >= 0.6 is 0 Å². The highest BCUT2D eigenvalue weighted by atomic mass is 15.2. The highest BCUT2D eigenvalue weighted by Gasteiger charge is 2.27. The second-order valence-corrected chi connectivity index (χ2v) is 7.56. The van der Waals surface area contributed by atoms with Gasteiger partial charge in [-0.05, 0) is 68.3 Å². The van der Waals surface area contributed by atoms with Crippen LogP contribution in [0.4, 0.5) is 5.82 Å². The summed E-state index contributed by atoms with van der Waals surface area (Å²) in [5.41, 5.74) is 4.24. The van der Waals surface area contributed by atoms with Gasteiger partial charge in [0.1, 0.15) is 5.82 Å². The largest absolute Gasteiger partial charge is 0.357 e. The van der Waals surface area contributed by atoms with E-state index in [1.54, 1.807) is 0 Å². The molecule has 2 aliphatic rings. The number of nitrogens with zero attached hydrogens (tertiary/aromatic N) is 3. The summed E-state index contributed by atoms with van der Waals surface area (Å²) in [6.45, 7) is 6.82. The van der Waals surface area contributed by atoms with Crippen LogP contribution in [-0.2, 0) is 6.54 Å². The summed E-state index contributed by atoms with van der Waals surface area (Å²) in [5, 5.41) is 0. The molecule has 132 valence electrons. The minimum Gasteiger partial charge on any atom is -0.357 e. The second-order valence-electron chi connectivity index (χ2n) is 7.56. The van der Waals surface area contributed by atoms with E-state index < -0.39 is 0 Å². The molecule has 0 bridgehead atoms. The van der Waals surface area contributed by atoms with Crippen molar-refractivity contribution in [3.05, 3.63) is 59.3 Å². The van der Waals surface area contributed by atoms with Crippen LogP contribution in [0.15, 0.2) is 42.6 Å². The Labute approximate surface area is 151 Å². The monoisotopic (exact) mass is 335 g/mol. The van der Waals surface area contributed by atoms with Gasteiger partial charge in [-0.15, -0.1) is 0 Å². The molecule has 2 aliphatic heterocycles. The number of benzene rings is 1. The van der Waals surface area contributed by atoms with E-state index in [9.17, 15) is 0 Å². The quantitative estimate of drug-likeness (QED) is 0.806. The van der Waals surface area contributed by atoms with E-state index in [1.807, 2.05) is 0 Å². The summed E-state index contributed by atoms with van der Waals surface area (Å²) in [6, 6.07) is 13.7. The molecule has 2 saturated heterocycles. The van der Waals surface area contributed by atoms with E-state index in [4.69, 9.17) is 4.98 Å². The number of rotatable bonds is 4. The maximum atomic E-state index is 4.85. The first kappa shape index (κ1) is 16.6. The summed E-state index contributed by atoms with van der Waals surface area (Å²) in [5.74, 6) is 1.17. The van der Waals surface area contributed by atoms with Gasteiger partial charge in [-0.2, -0.15) is 0 Å². The van der Waals surface area contributed by atoms with Crippen LogP contribution < -0.4 is 4.90 Å². The zero-order valence-electron chi connectivity index (χ0n) is 15.3. The minimum absolute atomic E-state index is 0.517. The summed E-state index contributed by atoms with van der Waals surface area (Å²) in [6.07, 6.45) is 8.66. The summed E-state index contributed by atoms with van der Waals surface area (Å²) >= 11 is 0. The Bertz CT molecular complexity index is 692. The Morgan fingerprint density at radius 3 is 2.56 bits per heavy atom. The molecule has 0 N–H and O–H groups in total. The van der Waals surface area contributed by atoms with Crippen LogP contribution in [0.25, 0.3) is 0 Å². The van der Waals surface area contributed by atoms with Gasteiger partial charge in [0.05, 0.1) is 0 Å². The fraction of sp³-hybridized carbons (Fsp3) is 0.500. The van der Waals surface area contributed by atoms with Crippen LogP contribution in [-0.4, -0.2) is 29.5 Å². The lowest BCUT2D eigenvalue weighted by atomic mass is 10.0. The number of hydrogen-bond donors (Lipinski definition) is 0. The highest BCUT2D eigenvalue weighted by molar-refractivity contribution is 5.44. The van der Waals surface area contributed by atoms with Gasteiger partial charge in [0.15, 0.2) is 0 Å². The highest BCUT2D eigenvalue weighted by Crippen LogP contribution is 2.35. The number of aryl methyl sites for hydroxylation is 1. The minimum atomic E-state index is 0.517. The van der Waals surface area contributed by atoms with Crippen molar-refractivity contribution < 1.29 is 0 Å². The van der Waals surface area contributed by atoms with E-state index in [0.29, 0.717) is 6.04 Å². The van der Waals surface area contributed by atoms with Crippen LogP contribution in [0.3, 0.4) is 0 Å². The molecule has 0 aliphatic carbocycles. The van der Waals surface area contributed by atoms with E-state index in [-0.39, 0.29) is 0 Å². The molecule has 0 amide bonds. The third kappa shape index (κ3) is 3.72. The van der Waals surface area contributed by atoms with Crippen LogP contribution in [0.2, 0.25) is 0 Å². The van der Waals surface area contributed by atoms with Gasteiger partial charge in [0, 0.05) is 31.9 Å². The molecule has 3 nitrogen and oxygen atoms in total. The Kier molecular flexibility index (Phi) is 5.02. The third-order valence-corrected chi connectivity index (χ3v) is 5.77. The molecule has 4 rings (SSSR count). The van der Waals surface area contributed by atoms with Gasteiger partial charge in [-0.25, -0.2) is 4.98 Å². The van der Waals surface area contributed by atoms with Crippen LogP contribution in [0, 0.1) is 6.92 Å². The van der Waals surface area contributed by atoms with Gasteiger partial charge >= 0.3 is 0 Å². The van der Waals surface area contributed by atoms with Crippen molar-refractivity contribution in [2.45, 2.75) is 51.6 Å². The molecule has 3 heteroatoms. The molecule has 0 saturated carbocycles.